The summed E-state index contributed by atoms with van der Waals surface area (Å²) in [4.78, 5) is 12.4. The Labute approximate surface area is 194 Å². The summed E-state index contributed by atoms with van der Waals surface area (Å²) in [6.07, 6.45) is 1.46. The lowest BCUT2D eigenvalue weighted by Gasteiger charge is -2.13. The van der Waals surface area contributed by atoms with Crippen molar-refractivity contribution in [2.24, 2.45) is 0 Å². The van der Waals surface area contributed by atoms with Gasteiger partial charge >= 0.3 is 0 Å². The van der Waals surface area contributed by atoms with Crippen LogP contribution in [0.25, 0.3) is 0 Å². The molecule has 0 fully saturated rings. The molecule has 0 saturated heterocycles. The molecule has 0 saturated carbocycles. The van der Waals surface area contributed by atoms with E-state index < -0.39 is 21.5 Å². The molecule has 0 spiro atoms. The molecule has 0 aliphatic rings. The number of aryl methyl sites for hydroxylation is 1. The van der Waals surface area contributed by atoms with Gasteiger partial charge in [0.05, 0.1) is 18.2 Å². The maximum atomic E-state index is 12.4. The molecule has 1 N–H and O–H groups in total. The number of hydrogen-bond acceptors (Lipinski definition) is 5. The van der Waals surface area contributed by atoms with Crippen LogP contribution in [0.1, 0.15) is 23.1 Å². The maximum Gasteiger partial charge on any atom is 0.239 e. The normalized spacial score (nSPS) is 10.9. The molecule has 170 valence electrons. The molecule has 0 radical (unpaired) electrons. The molecule has 0 aliphatic carbocycles. The van der Waals surface area contributed by atoms with Gasteiger partial charge in [0.2, 0.25) is 5.91 Å². The summed E-state index contributed by atoms with van der Waals surface area (Å²) in [5.41, 5.74) is 3.23. The first-order valence-electron chi connectivity index (χ1n) is 10.7. The number of amides is 1. The fraction of sp³-hybridized carbons (Fsp3) is 0.231. The van der Waals surface area contributed by atoms with E-state index in [1.54, 1.807) is 24.3 Å². The van der Waals surface area contributed by atoms with Crippen molar-refractivity contribution in [3.05, 3.63) is 95.6 Å². The summed E-state index contributed by atoms with van der Waals surface area (Å²) in [5, 5.41) is 11.5. The lowest BCUT2D eigenvalue weighted by molar-refractivity contribution is -0.113. The number of sulfone groups is 1. The molecule has 6 nitrogen and oxygen atoms in total. The Morgan fingerprint density at radius 1 is 0.909 bits per heavy atom. The number of nitrogens with one attached hydrogen (secondary N) is 1. The van der Waals surface area contributed by atoms with E-state index in [1.807, 2.05) is 54.6 Å². The molecule has 0 aliphatic heterocycles. The summed E-state index contributed by atoms with van der Waals surface area (Å²) < 4.78 is 30.6. The zero-order valence-corrected chi connectivity index (χ0v) is 19.1. The van der Waals surface area contributed by atoms with Crippen LogP contribution in [-0.4, -0.2) is 25.8 Å². The molecular weight excluding hydrogens is 436 g/mol. The minimum atomic E-state index is -3.51. The van der Waals surface area contributed by atoms with Gasteiger partial charge in [-0.2, -0.15) is 5.26 Å². The number of nitrogens with zero attached hydrogens (tertiary/aromatic N) is 1. The van der Waals surface area contributed by atoms with E-state index in [9.17, 15) is 13.2 Å². The monoisotopic (exact) mass is 462 g/mol. The van der Waals surface area contributed by atoms with Crippen LogP contribution in [0.2, 0.25) is 0 Å². The Morgan fingerprint density at radius 3 is 2.33 bits per heavy atom. The Kier molecular flexibility index (Phi) is 8.62. The smallest absolute Gasteiger partial charge is 0.239 e. The van der Waals surface area contributed by atoms with Gasteiger partial charge in [0, 0.05) is 11.3 Å². The average molecular weight is 463 g/mol. The highest BCUT2D eigenvalue weighted by Gasteiger charge is 2.17. The van der Waals surface area contributed by atoms with E-state index in [0.29, 0.717) is 30.7 Å². The average Bonchev–Trinajstić information content (AvgIpc) is 2.80. The Bertz CT molecular complexity index is 1200. The van der Waals surface area contributed by atoms with Crippen LogP contribution in [0, 0.1) is 11.3 Å². The molecule has 7 heteroatoms. The van der Waals surface area contributed by atoms with Crippen LogP contribution in [0.15, 0.2) is 78.9 Å². The number of nitriles is 1. The van der Waals surface area contributed by atoms with Crippen molar-refractivity contribution in [1.29, 1.82) is 5.26 Å². The first kappa shape index (κ1) is 24.0. The van der Waals surface area contributed by atoms with Crippen molar-refractivity contribution in [2.45, 2.75) is 25.9 Å². The zero-order chi connectivity index (χ0) is 23.5. The second kappa shape index (κ2) is 11.8. The van der Waals surface area contributed by atoms with Gasteiger partial charge in [0.15, 0.2) is 9.84 Å². The number of benzene rings is 3. The minimum absolute atomic E-state index is 0.0398. The predicted molar refractivity (Wildman–Crippen MR) is 129 cm³/mol. The summed E-state index contributed by atoms with van der Waals surface area (Å²) in [7, 11) is -3.51. The summed E-state index contributed by atoms with van der Waals surface area (Å²) in [6, 6.07) is 26.1. The zero-order valence-electron chi connectivity index (χ0n) is 18.2. The quantitative estimate of drug-likeness (QED) is 0.458. The van der Waals surface area contributed by atoms with Gasteiger partial charge in [-0.1, -0.05) is 60.7 Å². The molecule has 3 aromatic carbocycles. The molecular formula is C26H26N2O4S. The molecule has 1 amide bonds. The van der Waals surface area contributed by atoms with Gasteiger partial charge in [-0.3, -0.25) is 4.79 Å². The van der Waals surface area contributed by atoms with Gasteiger partial charge in [-0.25, -0.2) is 8.42 Å². The molecule has 3 rings (SSSR count). The molecule has 0 bridgehead atoms. The van der Waals surface area contributed by atoms with Gasteiger partial charge in [-0.15, -0.1) is 0 Å². The fourth-order valence-electron chi connectivity index (χ4n) is 3.32. The van der Waals surface area contributed by atoms with Gasteiger partial charge in [0.25, 0.3) is 0 Å². The topological polar surface area (TPSA) is 96.3 Å². The van der Waals surface area contributed by atoms with Crippen molar-refractivity contribution < 1.29 is 17.9 Å². The number of carbonyl (C=O) groups is 1. The van der Waals surface area contributed by atoms with Crippen molar-refractivity contribution in [2.75, 3.05) is 16.8 Å². The van der Waals surface area contributed by atoms with Crippen molar-refractivity contribution in [3.63, 3.8) is 0 Å². The SMILES string of the molecule is N#CCc1ccc(OCc2ccccc2NC(=O)CS(=O)(=O)CCCc2ccccc2)cc1. The Morgan fingerprint density at radius 2 is 1.61 bits per heavy atom. The number of ether oxygens (including phenoxy) is 1. The fourth-order valence-corrected chi connectivity index (χ4v) is 4.52. The van der Waals surface area contributed by atoms with Crippen molar-refractivity contribution >= 4 is 21.4 Å². The van der Waals surface area contributed by atoms with Crippen LogP contribution < -0.4 is 10.1 Å². The molecule has 0 heterocycles. The van der Waals surface area contributed by atoms with Crippen molar-refractivity contribution in [3.8, 4) is 11.8 Å². The molecule has 33 heavy (non-hydrogen) atoms. The van der Waals surface area contributed by atoms with Gasteiger partial charge in [-0.05, 0) is 42.2 Å². The first-order valence-corrected chi connectivity index (χ1v) is 12.5. The van der Waals surface area contributed by atoms with Crippen LogP contribution in [0.5, 0.6) is 5.75 Å². The Balaban J connectivity index is 1.52. The standard InChI is InChI=1S/C26H26N2O4S/c27-17-16-22-12-14-24(15-13-22)32-19-23-10-4-5-11-25(23)28-26(29)20-33(30,31)18-6-9-21-7-2-1-3-8-21/h1-5,7-8,10-15H,6,9,16,18-20H2,(H,28,29). The van der Waals surface area contributed by atoms with E-state index in [-0.39, 0.29) is 12.4 Å². The lowest BCUT2D eigenvalue weighted by atomic mass is 10.1. The number of carbonyl (C=O) groups excluding carboxylic acids is 1. The number of anilines is 1. The number of hydrogen-bond donors (Lipinski definition) is 1. The van der Waals surface area contributed by atoms with Gasteiger partial charge in [0.1, 0.15) is 18.1 Å². The van der Waals surface area contributed by atoms with Crippen LogP contribution in [-0.2, 0) is 34.1 Å². The van der Waals surface area contributed by atoms with Crippen LogP contribution >= 0.6 is 0 Å². The highest BCUT2D eigenvalue weighted by Crippen LogP contribution is 2.19. The summed E-state index contributed by atoms with van der Waals surface area (Å²) in [5.74, 6) is -0.527. The minimum Gasteiger partial charge on any atom is -0.489 e. The largest absolute Gasteiger partial charge is 0.489 e. The van der Waals surface area contributed by atoms with Crippen LogP contribution in [0.3, 0.4) is 0 Å². The molecule has 0 aromatic heterocycles. The summed E-state index contributed by atoms with van der Waals surface area (Å²) in [6.45, 7) is 0.206. The third-order valence-corrected chi connectivity index (χ3v) is 6.62. The number of para-hydroxylation sites is 1. The number of rotatable bonds is 11. The van der Waals surface area contributed by atoms with Crippen LogP contribution in [0.4, 0.5) is 5.69 Å². The molecule has 3 aromatic rings. The van der Waals surface area contributed by atoms with E-state index in [1.165, 1.54) is 0 Å². The third kappa shape index (κ3) is 8.09. The molecule has 0 atom stereocenters. The van der Waals surface area contributed by atoms with E-state index >= 15 is 0 Å². The first-order chi connectivity index (χ1) is 15.9. The molecule has 0 unspecified atom stereocenters. The van der Waals surface area contributed by atoms with E-state index in [0.717, 1.165) is 16.7 Å². The summed E-state index contributed by atoms with van der Waals surface area (Å²) >= 11 is 0. The Hall–Kier alpha value is -3.63. The lowest BCUT2D eigenvalue weighted by Crippen LogP contribution is -2.25. The maximum absolute atomic E-state index is 12.4. The second-order valence-corrected chi connectivity index (χ2v) is 9.84. The van der Waals surface area contributed by atoms with Gasteiger partial charge < -0.3 is 10.1 Å². The second-order valence-electron chi connectivity index (χ2n) is 7.65. The van der Waals surface area contributed by atoms with Crippen molar-refractivity contribution in [1.82, 2.24) is 0 Å². The van der Waals surface area contributed by atoms with E-state index in [2.05, 4.69) is 11.4 Å². The third-order valence-electron chi connectivity index (χ3n) is 5.01. The highest BCUT2D eigenvalue weighted by atomic mass is 32.2. The predicted octanol–water partition coefficient (Wildman–Crippen LogP) is 4.32. The highest BCUT2D eigenvalue weighted by molar-refractivity contribution is 7.92. The van der Waals surface area contributed by atoms with E-state index in [4.69, 9.17) is 10.00 Å².